The van der Waals surface area contributed by atoms with E-state index in [1.165, 1.54) is 7.11 Å². The summed E-state index contributed by atoms with van der Waals surface area (Å²) in [6.45, 7) is 5.90. The van der Waals surface area contributed by atoms with E-state index in [1.54, 1.807) is 23.5 Å². The number of carboxylic acids is 1. The predicted molar refractivity (Wildman–Crippen MR) is 80.5 cm³/mol. The number of rotatable bonds is 4. The summed E-state index contributed by atoms with van der Waals surface area (Å²) in [7, 11) is 1.32. The summed E-state index contributed by atoms with van der Waals surface area (Å²) in [5, 5.41) is 8.75. The van der Waals surface area contributed by atoms with Gasteiger partial charge in [-0.2, -0.15) is 0 Å². The smallest absolute Gasteiger partial charge is 0.307 e. The minimum Gasteiger partial charge on any atom is -0.481 e. The van der Waals surface area contributed by atoms with Crippen LogP contribution in [-0.2, 0) is 14.3 Å². The monoisotopic (exact) mass is 309 g/mol. The third kappa shape index (κ3) is 10.1. The normalized spacial score (nSPS) is 17.3. The van der Waals surface area contributed by atoms with Gasteiger partial charge in [0.25, 0.3) is 0 Å². The molecule has 19 heavy (non-hydrogen) atoms. The molecule has 1 aliphatic rings. The summed E-state index contributed by atoms with van der Waals surface area (Å²) < 4.78 is 4.06. The molecule has 0 radical (unpaired) electrons. The molecule has 0 aliphatic carbocycles. The van der Waals surface area contributed by atoms with E-state index in [-0.39, 0.29) is 24.3 Å². The van der Waals surface area contributed by atoms with Gasteiger partial charge in [-0.05, 0) is 20.8 Å². The number of thioether (sulfide) groups is 2. The van der Waals surface area contributed by atoms with Crippen molar-refractivity contribution >= 4 is 35.5 Å². The molecule has 112 valence electrons. The molecule has 0 spiro atoms. The highest BCUT2D eigenvalue weighted by Crippen LogP contribution is 2.49. The van der Waals surface area contributed by atoms with E-state index in [1.807, 2.05) is 20.8 Å². The first-order valence-electron chi connectivity index (χ1n) is 5.93. The zero-order valence-electron chi connectivity index (χ0n) is 11.9. The van der Waals surface area contributed by atoms with Crippen molar-refractivity contribution in [1.29, 1.82) is 0 Å². The number of carbonyl (C=O) groups is 2. The first-order chi connectivity index (χ1) is 8.58. The molecular weight excluding hydrogens is 286 g/mol. The van der Waals surface area contributed by atoms with Gasteiger partial charge in [0.15, 0.2) is 0 Å². The van der Waals surface area contributed by atoms with Gasteiger partial charge in [-0.25, -0.2) is 0 Å². The Kier molecular flexibility index (Phi) is 7.85. The molecule has 0 aromatic heterocycles. The third-order valence-electron chi connectivity index (χ3n) is 1.88. The Labute approximate surface area is 123 Å². The number of ether oxygens (including phenoxy) is 1. The predicted octanol–water partition coefficient (Wildman–Crippen LogP) is 1.94. The molecule has 1 saturated heterocycles. The number of aliphatic carboxylic acids is 1. The van der Waals surface area contributed by atoms with Gasteiger partial charge in [-0.1, -0.05) is 0 Å². The average Bonchev–Trinajstić information content (AvgIpc) is 2.62. The topological polar surface area (TPSA) is 89.6 Å². The van der Waals surface area contributed by atoms with Crippen LogP contribution in [0.25, 0.3) is 0 Å². The number of hydrogen-bond donors (Lipinski definition) is 2. The molecule has 0 aromatic carbocycles. The van der Waals surface area contributed by atoms with Crippen molar-refractivity contribution in [3.05, 3.63) is 0 Å². The van der Waals surface area contributed by atoms with Crippen LogP contribution >= 0.6 is 23.5 Å². The number of esters is 1. The van der Waals surface area contributed by atoms with Gasteiger partial charge in [0.05, 0.1) is 24.0 Å². The van der Waals surface area contributed by atoms with Gasteiger partial charge in [0, 0.05) is 17.0 Å². The average molecular weight is 309 g/mol. The lowest BCUT2D eigenvalue weighted by Crippen LogP contribution is -2.26. The maximum atomic E-state index is 11.1. The van der Waals surface area contributed by atoms with Crippen LogP contribution in [0, 0.1) is 0 Å². The molecule has 0 amide bonds. The van der Waals surface area contributed by atoms with Crippen LogP contribution in [0.3, 0.4) is 0 Å². The number of methoxy groups -OCH3 is 1. The lowest BCUT2D eigenvalue weighted by molar-refractivity contribution is -0.141. The van der Waals surface area contributed by atoms with E-state index >= 15 is 0 Å². The second-order valence-corrected chi connectivity index (χ2v) is 8.51. The van der Waals surface area contributed by atoms with Gasteiger partial charge in [-0.15, -0.1) is 23.5 Å². The lowest BCUT2D eigenvalue weighted by Gasteiger charge is -2.23. The maximum Gasteiger partial charge on any atom is 0.307 e. The number of carboxylic acid groups (broad SMARTS) is 1. The molecule has 0 unspecified atom stereocenters. The molecule has 1 rings (SSSR count). The number of nitrogens with two attached hydrogens (primary N) is 1. The van der Waals surface area contributed by atoms with Gasteiger partial charge >= 0.3 is 11.9 Å². The minimum absolute atomic E-state index is 0. The van der Waals surface area contributed by atoms with Gasteiger partial charge in [0.2, 0.25) is 0 Å². The van der Waals surface area contributed by atoms with Crippen LogP contribution in [-0.4, -0.2) is 45.3 Å². The minimum atomic E-state index is -0.865. The fourth-order valence-corrected chi connectivity index (χ4v) is 4.42. The van der Waals surface area contributed by atoms with E-state index in [0.29, 0.717) is 0 Å². The van der Waals surface area contributed by atoms with Crippen LogP contribution in [0.4, 0.5) is 0 Å². The molecule has 1 fully saturated rings. The Morgan fingerprint density at radius 2 is 1.68 bits per heavy atom. The van der Waals surface area contributed by atoms with Crippen molar-refractivity contribution in [1.82, 2.24) is 0 Å². The molecule has 0 saturated carbocycles. The van der Waals surface area contributed by atoms with Crippen molar-refractivity contribution < 1.29 is 19.4 Å². The quantitative estimate of drug-likeness (QED) is 0.767. The van der Waals surface area contributed by atoms with Gasteiger partial charge in [0.1, 0.15) is 0 Å². The SMILES string of the molecule is CC(C)(C)N.COC(=O)CC1(CC(=O)O)SCCS1. The summed E-state index contributed by atoms with van der Waals surface area (Å²) >= 11 is 3.09. The van der Waals surface area contributed by atoms with Crippen LogP contribution in [0.1, 0.15) is 33.6 Å². The summed E-state index contributed by atoms with van der Waals surface area (Å²) in [4.78, 5) is 21.8. The molecule has 7 heteroatoms. The molecule has 1 aliphatic heterocycles. The largest absolute Gasteiger partial charge is 0.481 e. The fraction of sp³-hybridized carbons (Fsp3) is 0.833. The van der Waals surface area contributed by atoms with E-state index in [4.69, 9.17) is 10.8 Å². The highest BCUT2D eigenvalue weighted by Gasteiger charge is 2.40. The third-order valence-corrected chi connectivity index (χ3v) is 5.29. The fourth-order valence-electron chi connectivity index (χ4n) is 1.29. The first-order valence-corrected chi connectivity index (χ1v) is 7.90. The Morgan fingerprint density at radius 3 is 2.00 bits per heavy atom. The second kappa shape index (κ2) is 8.01. The molecule has 0 aromatic rings. The number of carbonyl (C=O) groups excluding carboxylic acids is 1. The highest BCUT2D eigenvalue weighted by atomic mass is 32.2. The summed E-state index contributed by atoms with van der Waals surface area (Å²) in [5.74, 6) is 0.591. The Hall–Kier alpha value is -0.400. The van der Waals surface area contributed by atoms with Gasteiger partial charge in [-0.3, -0.25) is 9.59 Å². The van der Waals surface area contributed by atoms with Crippen LogP contribution < -0.4 is 5.73 Å². The lowest BCUT2D eigenvalue weighted by atomic mass is 10.1. The Balaban J connectivity index is 0.000000555. The van der Waals surface area contributed by atoms with E-state index < -0.39 is 10.0 Å². The Bertz CT molecular complexity index is 303. The number of hydrogen-bond acceptors (Lipinski definition) is 6. The van der Waals surface area contributed by atoms with Crippen molar-refractivity contribution in [2.75, 3.05) is 18.6 Å². The molecule has 0 atom stereocenters. The van der Waals surface area contributed by atoms with Gasteiger partial charge < -0.3 is 15.6 Å². The zero-order valence-corrected chi connectivity index (χ0v) is 13.5. The highest BCUT2D eigenvalue weighted by molar-refractivity contribution is 8.21. The van der Waals surface area contributed by atoms with E-state index in [0.717, 1.165) is 11.5 Å². The standard InChI is InChI=1S/C8H12O4S2.C4H11N/c1-12-7(11)5-8(4-6(9)10)13-2-3-14-8;1-4(2,3)5/h2-5H2,1H3,(H,9,10);5H2,1-3H3. The second-order valence-electron chi connectivity index (χ2n) is 5.30. The van der Waals surface area contributed by atoms with Crippen molar-refractivity contribution in [3.8, 4) is 0 Å². The zero-order chi connectivity index (χ0) is 15.1. The Morgan fingerprint density at radius 1 is 1.26 bits per heavy atom. The molecule has 5 nitrogen and oxygen atoms in total. The summed E-state index contributed by atoms with van der Waals surface area (Å²) in [6.07, 6.45) is 0.183. The van der Waals surface area contributed by atoms with Crippen molar-refractivity contribution in [3.63, 3.8) is 0 Å². The van der Waals surface area contributed by atoms with Crippen LogP contribution in [0.2, 0.25) is 0 Å². The van der Waals surface area contributed by atoms with E-state index in [9.17, 15) is 9.59 Å². The first kappa shape index (κ1) is 18.6. The maximum absolute atomic E-state index is 11.1. The van der Waals surface area contributed by atoms with Crippen LogP contribution in [0.5, 0.6) is 0 Å². The summed E-state index contributed by atoms with van der Waals surface area (Å²) in [6, 6.07) is 0. The molecular formula is C12H23NO4S2. The molecule has 3 N–H and O–H groups in total. The summed E-state index contributed by atoms with van der Waals surface area (Å²) in [5.41, 5.74) is 5.35. The molecule has 0 bridgehead atoms. The van der Waals surface area contributed by atoms with Crippen molar-refractivity contribution in [2.45, 2.75) is 43.2 Å². The van der Waals surface area contributed by atoms with Crippen LogP contribution in [0.15, 0.2) is 0 Å². The molecule has 1 heterocycles. The van der Waals surface area contributed by atoms with E-state index in [2.05, 4.69) is 4.74 Å². The van der Waals surface area contributed by atoms with Crippen molar-refractivity contribution in [2.24, 2.45) is 5.73 Å².